The van der Waals surface area contributed by atoms with Gasteiger partial charge in [0.25, 0.3) is 6.02 Å². The first-order valence-electron chi connectivity index (χ1n) is 6.15. The van der Waals surface area contributed by atoms with Crippen molar-refractivity contribution in [1.29, 1.82) is 0 Å². The number of aliphatic hydroxyl groups excluding tert-OH is 3. The molecule has 20 heavy (non-hydrogen) atoms. The molecule has 2 aliphatic rings. The number of aliphatic hydroxyl groups is 3. The van der Waals surface area contributed by atoms with Gasteiger partial charge in [0.1, 0.15) is 18.2 Å². The standard InChI is InChI=1S/C11H17F3N2O4/c1-16(2)10-15-6-5(20-10)3-4(7(17)8(6)18)9(19)11(12,13)14/h4-9,17-19H,3H2,1-2H3/t4-,5+,6+,7-,8-,9?/m1/s1. The average molecular weight is 298 g/mol. The van der Waals surface area contributed by atoms with Gasteiger partial charge in [0.2, 0.25) is 0 Å². The molecule has 1 heterocycles. The van der Waals surface area contributed by atoms with Gasteiger partial charge in [-0.15, -0.1) is 0 Å². The van der Waals surface area contributed by atoms with E-state index in [-0.39, 0.29) is 12.4 Å². The van der Waals surface area contributed by atoms with Crippen molar-refractivity contribution in [3.63, 3.8) is 0 Å². The molecule has 116 valence electrons. The van der Waals surface area contributed by atoms with E-state index in [1.165, 1.54) is 4.90 Å². The lowest BCUT2D eigenvalue weighted by molar-refractivity contribution is -0.243. The van der Waals surface area contributed by atoms with E-state index in [9.17, 15) is 28.5 Å². The molecule has 2 rings (SSSR count). The van der Waals surface area contributed by atoms with Crippen LogP contribution in [-0.4, -0.2) is 77.0 Å². The van der Waals surface area contributed by atoms with Gasteiger partial charge < -0.3 is 25.0 Å². The van der Waals surface area contributed by atoms with Crippen LogP contribution in [0.1, 0.15) is 6.42 Å². The Bertz CT molecular complexity index is 402. The molecule has 1 aliphatic carbocycles. The van der Waals surface area contributed by atoms with Gasteiger partial charge in [-0.25, -0.2) is 4.99 Å². The lowest BCUT2D eigenvalue weighted by Crippen LogP contribution is -2.57. The summed E-state index contributed by atoms with van der Waals surface area (Å²) in [5, 5.41) is 29.0. The van der Waals surface area contributed by atoms with Crippen molar-refractivity contribution in [2.75, 3.05) is 14.1 Å². The molecular formula is C11H17F3N2O4. The Kier molecular flexibility index (Phi) is 3.87. The zero-order chi connectivity index (χ0) is 15.2. The molecule has 0 aromatic heterocycles. The highest BCUT2D eigenvalue weighted by Crippen LogP contribution is 2.39. The van der Waals surface area contributed by atoms with E-state index in [1.54, 1.807) is 14.1 Å². The second kappa shape index (κ2) is 5.05. The van der Waals surface area contributed by atoms with Crippen LogP contribution < -0.4 is 0 Å². The van der Waals surface area contributed by atoms with Crippen LogP contribution in [0.3, 0.4) is 0 Å². The molecule has 6 nitrogen and oxygen atoms in total. The van der Waals surface area contributed by atoms with E-state index in [0.717, 1.165) is 0 Å². The summed E-state index contributed by atoms with van der Waals surface area (Å²) in [7, 11) is 3.28. The second-order valence-corrected chi connectivity index (χ2v) is 5.32. The van der Waals surface area contributed by atoms with E-state index in [4.69, 9.17) is 4.74 Å². The first-order valence-corrected chi connectivity index (χ1v) is 6.15. The van der Waals surface area contributed by atoms with E-state index in [0.29, 0.717) is 0 Å². The quantitative estimate of drug-likeness (QED) is 0.598. The average Bonchev–Trinajstić information content (AvgIpc) is 2.76. The Morgan fingerprint density at radius 2 is 1.90 bits per heavy atom. The van der Waals surface area contributed by atoms with Crippen LogP contribution in [0.2, 0.25) is 0 Å². The molecule has 0 bridgehead atoms. The third-order valence-electron chi connectivity index (χ3n) is 3.66. The number of nitrogens with zero attached hydrogens (tertiary/aromatic N) is 2. The number of halogens is 3. The van der Waals surface area contributed by atoms with Crippen LogP contribution in [0.15, 0.2) is 4.99 Å². The summed E-state index contributed by atoms with van der Waals surface area (Å²) in [5.41, 5.74) is 0. The predicted octanol–water partition coefficient (Wildman–Crippen LogP) is -0.664. The molecule has 1 unspecified atom stereocenters. The molecule has 1 fully saturated rings. The zero-order valence-electron chi connectivity index (χ0n) is 10.9. The number of ether oxygens (including phenoxy) is 1. The Labute approximate surface area is 113 Å². The Morgan fingerprint density at radius 1 is 1.30 bits per heavy atom. The van der Waals surface area contributed by atoms with Gasteiger partial charge in [0.05, 0.1) is 6.10 Å². The minimum atomic E-state index is -4.86. The minimum absolute atomic E-state index is 0.188. The normalized spacial score (nSPS) is 38.8. The first kappa shape index (κ1) is 15.3. The number of amidine groups is 1. The molecule has 0 radical (unpaired) electrons. The molecule has 0 spiro atoms. The monoisotopic (exact) mass is 298 g/mol. The van der Waals surface area contributed by atoms with Crippen LogP contribution in [0.25, 0.3) is 0 Å². The predicted molar refractivity (Wildman–Crippen MR) is 62.0 cm³/mol. The summed E-state index contributed by atoms with van der Waals surface area (Å²) in [6.07, 6.45) is -11.8. The van der Waals surface area contributed by atoms with Crippen molar-refractivity contribution in [3.8, 4) is 0 Å². The van der Waals surface area contributed by atoms with Crippen molar-refractivity contribution in [2.45, 2.75) is 43.1 Å². The van der Waals surface area contributed by atoms with Crippen LogP contribution >= 0.6 is 0 Å². The summed E-state index contributed by atoms with van der Waals surface area (Å²) in [6, 6.07) is -0.632. The van der Waals surface area contributed by atoms with Crippen molar-refractivity contribution in [3.05, 3.63) is 0 Å². The number of hydrogen-bond acceptors (Lipinski definition) is 6. The summed E-state index contributed by atoms with van der Waals surface area (Å²) >= 11 is 0. The summed E-state index contributed by atoms with van der Waals surface area (Å²) in [6.45, 7) is 0. The van der Waals surface area contributed by atoms with Gasteiger partial charge in [0, 0.05) is 20.0 Å². The van der Waals surface area contributed by atoms with Gasteiger partial charge in [-0.1, -0.05) is 0 Å². The fourth-order valence-electron chi connectivity index (χ4n) is 2.57. The maximum absolute atomic E-state index is 12.6. The van der Waals surface area contributed by atoms with Gasteiger partial charge in [-0.2, -0.15) is 13.2 Å². The Morgan fingerprint density at radius 3 is 2.40 bits per heavy atom. The number of aliphatic imine (C=N–C) groups is 1. The highest BCUT2D eigenvalue weighted by Gasteiger charge is 2.55. The molecule has 0 aromatic rings. The van der Waals surface area contributed by atoms with Crippen molar-refractivity contribution in [2.24, 2.45) is 10.9 Å². The lowest BCUT2D eigenvalue weighted by atomic mass is 9.77. The van der Waals surface area contributed by atoms with Gasteiger partial charge >= 0.3 is 6.18 Å². The number of fused-ring (bicyclic) bond motifs is 1. The van der Waals surface area contributed by atoms with Crippen LogP contribution in [0.4, 0.5) is 13.2 Å². The largest absolute Gasteiger partial charge is 0.459 e. The van der Waals surface area contributed by atoms with E-state index < -0.39 is 42.6 Å². The first-order chi connectivity index (χ1) is 9.12. The molecule has 0 saturated heterocycles. The van der Waals surface area contributed by atoms with Crippen molar-refractivity contribution in [1.82, 2.24) is 4.90 Å². The number of alkyl halides is 3. The Hall–Kier alpha value is -1.06. The zero-order valence-corrected chi connectivity index (χ0v) is 10.9. The van der Waals surface area contributed by atoms with Crippen LogP contribution in [-0.2, 0) is 4.74 Å². The highest BCUT2D eigenvalue weighted by atomic mass is 19.4. The van der Waals surface area contributed by atoms with E-state index in [1.807, 2.05) is 0 Å². The third-order valence-corrected chi connectivity index (χ3v) is 3.66. The molecule has 1 aliphatic heterocycles. The molecule has 1 saturated carbocycles. The fraction of sp³-hybridized carbons (Fsp3) is 0.909. The fourth-order valence-corrected chi connectivity index (χ4v) is 2.57. The van der Waals surface area contributed by atoms with Gasteiger partial charge in [-0.05, 0) is 6.42 Å². The molecule has 3 N–H and O–H groups in total. The Balaban J connectivity index is 2.17. The van der Waals surface area contributed by atoms with Gasteiger partial charge in [0.15, 0.2) is 6.10 Å². The van der Waals surface area contributed by atoms with Crippen LogP contribution in [0, 0.1) is 5.92 Å². The number of hydrogen-bond donors (Lipinski definition) is 3. The third kappa shape index (κ3) is 2.57. The topological polar surface area (TPSA) is 85.5 Å². The smallest absolute Gasteiger partial charge is 0.414 e. The molecule has 9 heteroatoms. The van der Waals surface area contributed by atoms with Gasteiger partial charge in [-0.3, -0.25) is 0 Å². The summed E-state index contributed by atoms with van der Waals surface area (Å²) in [5.74, 6) is -1.54. The summed E-state index contributed by atoms with van der Waals surface area (Å²) < 4.78 is 43.1. The van der Waals surface area contributed by atoms with Crippen molar-refractivity contribution >= 4 is 6.02 Å². The maximum atomic E-state index is 12.6. The summed E-state index contributed by atoms with van der Waals surface area (Å²) in [4.78, 5) is 5.56. The maximum Gasteiger partial charge on any atom is 0.414 e. The SMILES string of the molecule is CN(C)C1=N[C@@H]2[C@@H](O)[C@H](O)[C@H](C(O)C(F)(F)F)C[C@@H]2O1. The van der Waals surface area contributed by atoms with Crippen molar-refractivity contribution < 1.29 is 33.2 Å². The molecule has 0 aromatic carbocycles. The highest BCUT2D eigenvalue weighted by molar-refractivity contribution is 5.75. The van der Waals surface area contributed by atoms with E-state index >= 15 is 0 Å². The number of rotatable bonds is 1. The molecule has 0 amide bonds. The molecular weight excluding hydrogens is 281 g/mol. The second-order valence-electron chi connectivity index (χ2n) is 5.32. The lowest BCUT2D eigenvalue weighted by Gasteiger charge is -2.39. The minimum Gasteiger partial charge on any atom is -0.459 e. The molecule has 6 atom stereocenters. The van der Waals surface area contributed by atoms with E-state index in [2.05, 4.69) is 4.99 Å². The van der Waals surface area contributed by atoms with Crippen LogP contribution in [0.5, 0.6) is 0 Å².